The maximum absolute atomic E-state index is 14.5. The molecule has 15 atom stereocenters. The van der Waals surface area contributed by atoms with Crippen molar-refractivity contribution in [2.75, 3.05) is 59.1 Å². The first-order valence-corrected chi connectivity index (χ1v) is 27.8. The number of hydrogen-bond donors (Lipinski definition) is 3. The Hall–Kier alpha value is -2.97. The molecule has 1 amide bonds. The normalized spacial score (nSPS) is 37.3. The average molecular weight is 1100 g/mol. The lowest BCUT2D eigenvalue weighted by Crippen LogP contribution is -2.61. The van der Waals surface area contributed by atoms with Gasteiger partial charge in [0.2, 0.25) is 5.79 Å². The molecular weight excluding hydrogens is 1010 g/mol. The molecule has 1 aliphatic carbocycles. The summed E-state index contributed by atoms with van der Waals surface area (Å²) in [5.41, 5.74) is 1.22. The molecule has 3 fully saturated rings. The zero-order valence-electron chi connectivity index (χ0n) is 45.0. The van der Waals surface area contributed by atoms with E-state index < -0.39 is 83.9 Å². The van der Waals surface area contributed by atoms with Crippen molar-refractivity contribution in [2.24, 2.45) is 35.5 Å². The Morgan fingerprint density at radius 1 is 0.836 bits per heavy atom. The summed E-state index contributed by atoms with van der Waals surface area (Å²) in [7, 11) is 2.94. The molecule has 16 nitrogen and oxygen atoms in total. The summed E-state index contributed by atoms with van der Waals surface area (Å²) in [6.45, 7) is 14.7. The molecule has 2 saturated heterocycles. The molecule has 3 heterocycles. The summed E-state index contributed by atoms with van der Waals surface area (Å²) < 4.78 is 41.3. The van der Waals surface area contributed by atoms with E-state index in [9.17, 15) is 39.3 Å². The third-order valence-corrected chi connectivity index (χ3v) is 15.7. The van der Waals surface area contributed by atoms with E-state index in [4.69, 9.17) is 33.2 Å². The van der Waals surface area contributed by atoms with Gasteiger partial charge in [0.15, 0.2) is 5.78 Å². The second-order valence-electron chi connectivity index (χ2n) is 21.1. The number of ketones is 3. The third kappa shape index (κ3) is 18.6. The van der Waals surface area contributed by atoms with Gasteiger partial charge in [-0.1, -0.05) is 87.0 Å². The number of aliphatic hydroxyl groups is 3. The van der Waals surface area contributed by atoms with Crippen LogP contribution in [0.1, 0.15) is 126 Å². The van der Waals surface area contributed by atoms with Gasteiger partial charge < -0.3 is 53.4 Å². The molecule has 0 aromatic heterocycles. The number of hydrogen-bond acceptors (Lipinski definition) is 15. The van der Waals surface area contributed by atoms with Crippen molar-refractivity contribution >= 4 is 45.2 Å². The standard InChI is InChI=1S/C56H88BrNO15/c1-35-15-11-10-12-16-36(2)47(71-28-27-70-26-25-69-24-22-57)33-43-20-18-41(7)56(66,73-43)53(63)54(64)58-23-14-13-17-44(58)55(65)72-48(38(4)31-42-19-21-45(59)49(32-42)67-8)34-46(60)37(3)30-40(6)51(62)52(68-9)50(61)39(5)29-35/h10-12,15-16,30,35,37-39,41-45,47-49,51-52,59,62,66H,13-14,17-29,31-34H2,1-9H3/b12-10+,15-11+,36-16+,40-30+/t35-,37-,38-,39-,41-,42+,43+,44+,45-,47?,48+,49-,51-,52+,56-/m1/s1. The Morgan fingerprint density at radius 2 is 1.55 bits per heavy atom. The first-order chi connectivity index (χ1) is 34.7. The molecule has 0 aromatic rings. The Balaban J connectivity index is 1.69. The highest BCUT2D eigenvalue weighted by molar-refractivity contribution is 9.09. The Morgan fingerprint density at radius 3 is 2.25 bits per heavy atom. The van der Waals surface area contributed by atoms with E-state index in [1.165, 1.54) is 12.0 Å². The van der Waals surface area contributed by atoms with Crippen LogP contribution in [0.2, 0.25) is 0 Å². The molecule has 17 heteroatoms. The highest BCUT2D eigenvalue weighted by Gasteiger charge is 2.53. The summed E-state index contributed by atoms with van der Waals surface area (Å²) >= 11 is 3.34. The SMILES string of the molecule is CO[C@@H]1C[C@H](C[C@@H](C)[C@@H]2CC(=O)[C@H](C)/C=C(\C)[C@@H](O)[C@@H](OC)C(=O)[C@H](C)C[C@H](C)/C=C/C=C/C=C(\C)C(OCCOCCOCCBr)C[C@@H]3CC[C@@H](C)[C@@](O)(O3)C(=O)C(=O)N3CCCC[C@H]3C(=O)O2)CC[C@H]1O. The molecule has 73 heavy (non-hydrogen) atoms. The first kappa shape index (κ1) is 62.6. The van der Waals surface area contributed by atoms with E-state index in [-0.39, 0.29) is 67.8 Å². The van der Waals surface area contributed by atoms with Gasteiger partial charge in [-0.15, -0.1) is 0 Å². The number of cyclic esters (lactones) is 1. The van der Waals surface area contributed by atoms with Crippen LogP contribution in [0.3, 0.4) is 0 Å². The summed E-state index contributed by atoms with van der Waals surface area (Å²) in [5, 5.41) is 34.9. The van der Waals surface area contributed by atoms with Crippen molar-refractivity contribution in [1.82, 2.24) is 4.90 Å². The Bertz CT molecular complexity index is 1900. The molecule has 4 rings (SSSR count). The average Bonchev–Trinajstić information content (AvgIpc) is 3.37. The number of aliphatic hydroxyl groups excluding tert-OH is 2. The Kier molecular flexibility index (Phi) is 26.8. The van der Waals surface area contributed by atoms with E-state index in [0.717, 1.165) is 10.9 Å². The molecule has 3 N–H and O–H groups in total. The van der Waals surface area contributed by atoms with Crippen LogP contribution in [0.15, 0.2) is 47.6 Å². The van der Waals surface area contributed by atoms with Crippen LogP contribution in [-0.2, 0) is 57.1 Å². The minimum atomic E-state index is -2.48. The number of alkyl halides is 1. The lowest BCUT2D eigenvalue weighted by Gasteiger charge is -2.43. The van der Waals surface area contributed by atoms with Crippen molar-refractivity contribution in [3.63, 3.8) is 0 Å². The van der Waals surface area contributed by atoms with Crippen LogP contribution in [-0.4, -0.2) is 163 Å². The number of rotatable bonds is 14. The highest BCUT2D eigenvalue weighted by atomic mass is 79.9. The summed E-state index contributed by atoms with van der Waals surface area (Å²) in [5.74, 6) is -8.21. The number of esters is 1. The molecule has 4 aliphatic rings. The van der Waals surface area contributed by atoms with Gasteiger partial charge in [-0.25, -0.2) is 4.79 Å². The van der Waals surface area contributed by atoms with Gasteiger partial charge in [-0.3, -0.25) is 19.2 Å². The van der Waals surface area contributed by atoms with Crippen molar-refractivity contribution in [3.05, 3.63) is 47.6 Å². The number of methoxy groups -OCH3 is 2. The number of allylic oxidation sites excluding steroid dienone is 6. The topological polar surface area (TPSA) is 214 Å². The second kappa shape index (κ2) is 31.3. The largest absolute Gasteiger partial charge is 0.460 e. The van der Waals surface area contributed by atoms with E-state index in [2.05, 4.69) is 15.9 Å². The highest BCUT2D eigenvalue weighted by Crippen LogP contribution is 2.38. The molecule has 0 aromatic carbocycles. The maximum atomic E-state index is 14.5. The third-order valence-electron chi connectivity index (χ3n) is 15.3. The molecular formula is C56H88BrNO15. The molecule has 0 spiro atoms. The number of carbonyl (C=O) groups excluding carboxylic acids is 5. The minimum absolute atomic E-state index is 0.00918. The predicted octanol–water partition coefficient (Wildman–Crippen LogP) is 6.98. The molecule has 0 radical (unpaired) electrons. The van der Waals surface area contributed by atoms with Crippen LogP contribution in [0.25, 0.3) is 0 Å². The van der Waals surface area contributed by atoms with E-state index in [1.54, 1.807) is 34.0 Å². The fourth-order valence-corrected chi connectivity index (χ4v) is 10.9. The van der Waals surface area contributed by atoms with Crippen LogP contribution in [0, 0.1) is 35.5 Å². The van der Waals surface area contributed by atoms with Gasteiger partial charge >= 0.3 is 5.97 Å². The first-order valence-electron chi connectivity index (χ1n) is 26.7. The number of carbonyl (C=O) groups is 5. The lowest BCUT2D eigenvalue weighted by molar-refractivity contribution is -0.266. The molecule has 2 bridgehead atoms. The Labute approximate surface area is 443 Å². The molecule has 414 valence electrons. The van der Waals surface area contributed by atoms with Crippen molar-refractivity contribution in [3.8, 4) is 0 Å². The zero-order chi connectivity index (χ0) is 53.8. The van der Waals surface area contributed by atoms with Crippen LogP contribution >= 0.6 is 15.9 Å². The smallest absolute Gasteiger partial charge is 0.329 e. The van der Waals surface area contributed by atoms with Crippen molar-refractivity contribution < 1.29 is 72.5 Å². The monoisotopic (exact) mass is 1090 g/mol. The van der Waals surface area contributed by atoms with Crippen molar-refractivity contribution in [2.45, 2.75) is 180 Å². The number of amides is 1. The van der Waals surface area contributed by atoms with Crippen molar-refractivity contribution in [1.29, 1.82) is 0 Å². The number of nitrogens with zero attached hydrogens (tertiary/aromatic N) is 1. The fourth-order valence-electron chi connectivity index (χ4n) is 10.7. The van der Waals surface area contributed by atoms with Crippen LogP contribution in [0.5, 0.6) is 0 Å². The number of ether oxygens (including phenoxy) is 7. The van der Waals surface area contributed by atoms with Gasteiger partial charge in [0.05, 0.1) is 57.5 Å². The molecule has 3 aliphatic heterocycles. The minimum Gasteiger partial charge on any atom is -0.460 e. The van der Waals surface area contributed by atoms with E-state index >= 15 is 0 Å². The molecule has 1 unspecified atom stereocenters. The number of fused-ring (bicyclic) bond motifs is 3. The second-order valence-corrected chi connectivity index (χ2v) is 21.9. The van der Waals surface area contributed by atoms with Crippen LogP contribution in [0.4, 0.5) is 0 Å². The summed E-state index contributed by atoms with van der Waals surface area (Å²) in [6.07, 6.45) is 10.7. The molecule has 1 saturated carbocycles. The van der Waals surface area contributed by atoms with Crippen LogP contribution < -0.4 is 0 Å². The number of Topliss-reactive ketones (excluding diaryl/α,β-unsaturated/α-hetero) is 3. The van der Waals surface area contributed by atoms with Gasteiger partial charge in [-0.2, -0.15) is 0 Å². The quantitative estimate of drug-likeness (QED) is 0.0526. The van der Waals surface area contributed by atoms with Gasteiger partial charge in [-0.05, 0) is 107 Å². The number of halogens is 1. The van der Waals surface area contributed by atoms with E-state index in [1.807, 2.05) is 58.1 Å². The van der Waals surface area contributed by atoms with Gasteiger partial charge in [0.25, 0.3) is 11.7 Å². The fraction of sp³-hybridized carbons (Fsp3) is 0.768. The van der Waals surface area contributed by atoms with Gasteiger partial charge in [0, 0.05) is 56.7 Å². The maximum Gasteiger partial charge on any atom is 0.329 e. The summed E-state index contributed by atoms with van der Waals surface area (Å²) in [4.78, 5) is 72.6. The van der Waals surface area contributed by atoms with Gasteiger partial charge in [0.1, 0.15) is 30.1 Å². The lowest BCUT2D eigenvalue weighted by atomic mass is 9.78. The number of piperidine rings is 1. The predicted molar refractivity (Wildman–Crippen MR) is 280 cm³/mol. The summed E-state index contributed by atoms with van der Waals surface area (Å²) in [6, 6.07) is -1.16. The zero-order valence-corrected chi connectivity index (χ0v) is 46.6. The van der Waals surface area contributed by atoms with E-state index in [0.29, 0.717) is 89.8 Å².